The summed E-state index contributed by atoms with van der Waals surface area (Å²) in [6.07, 6.45) is -0.417. The minimum Gasteiger partial charge on any atom is -0.389 e. The number of hydrogen-bond acceptors (Lipinski definition) is 4. The van der Waals surface area contributed by atoms with Crippen molar-refractivity contribution in [1.82, 2.24) is 5.32 Å². The first-order valence-electron chi connectivity index (χ1n) is 4.57. The number of methoxy groups -OCH3 is 2. The van der Waals surface area contributed by atoms with E-state index in [0.717, 1.165) is 13.2 Å². The summed E-state index contributed by atoms with van der Waals surface area (Å²) >= 11 is 0. The summed E-state index contributed by atoms with van der Waals surface area (Å²) in [5, 5.41) is 12.4. The van der Waals surface area contributed by atoms with E-state index in [1.54, 1.807) is 14.2 Å². The van der Waals surface area contributed by atoms with Gasteiger partial charge in [0.1, 0.15) is 0 Å². The Bertz CT molecular complexity index is 99.0. The smallest absolute Gasteiger partial charge is 0.0897 e. The van der Waals surface area contributed by atoms with Crippen molar-refractivity contribution in [3.63, 3.8) is 0 Å². The second-order valence-corrected chi connectivity index (χ2v) is 3.33. The largest absolute Gasteiger partial charge is 0.389 e. The zero-order valence-electron chi connectivity index (χ0n) is 8.75. The van der Waals surface area contributed by atoms with Crippen molar-refractivity contribution in [3.8, 4) is 0 Å². The third-order valence-electron chi connectivity index (χ3n) is 1.68. The highest BCUT2D eigenvalue weighted by molar-refractivity contribution is 4.61. The van der Waals surface area contributed by atoms with Crippen LogP contribution in [0.4, 0.5) is 0 Å². The second kappa shape index (κ2) is 8.44. The molecule has 0 saturated heterocycles. The molecule has 0 saturated carbocycles. The Morgan fingerprint density at radius 3 is 2.31 bits per heavy atom. The van der Waals surface area contributed by atoms with Crippen LogP contribution in [0.25, 0.3) is 0 Å². The highest BCUT2D eigenvalue weighted by Gasteiger charge is 2.04. The predicted octanol–water partition coefficient (Wildman–Crippen LogP) is -0.134. The second-order valence-electron chi connectivity index (χ2n) is 3.33. The van der Waals surface area contributed by atoms with E-state index in [-0.39, 0.29) is 0 Å². The van der Waals surface area contributed by atoms with Crippen LogP contribution in [0, 0.1) is 5.92 Å². The minimum absolute atomic E-state index is 0.381. The lowest BCUT2D eigenvalue weighted by Crippen LogP contribution is -2.33. The average molecular weight is 191 g/mol. The fraction of sp³-hybridized carbons (Fsp3) is 1.00. The summed E-state index contributed by atoms with van der Waals surface area (Å²) in [7, 11) is 3.27. The van der Waals surface area contributed by atoms with E-state index in [0.29, 0.717) is 19.1 Å². The van der Waals surface area contributed by atoms with Gasteiger partial charge in [0.2, 0.25) is 0 Å². The highest BCUT2D eigenvalue weighted by atomic mass is 16.5. The van der Waals surface area contributed by atoms with Gasteiger partial charge in [-0.3, -0.25) is 0 Å². The first-order chi connectivity index (χ1) is 6.20. The number of aliphatic hydroxyl groups is 1. The molecule has 0 aliphatic carbocycles. The van der Waals surface area contributed by atoms with Crippen LogP contribution < -0.4 is 5.32 Å². The van der Waals surface area contributed by atoms with Gasteiger partial charge >= 0.3 is 0 Å². The fourth-order valence-electron chi connectivity index (χ4n) is 1.09. The Hall–Kier alpha value is -0.160. The molecule has 2 unspecified atom stereocenters. The zero-order chi connectivity index (χ0) is 10.1. The minimum atomic E-state index is -0.417. The lowest BCUT2D eigenvalue weighted by molar-refractivity contribution is 0.0630. The van der Waals surface area contributed by atoms with Gasteiger partial charge in [-0.2, -0.15) is 0 Å². The molecule has 2 atom stereocenters. The van der Waals surface area contributed by atoms with Crippen molar-refractivity contribution in [2.24, 2.45) is 5.92 Å². The van der Waals surface area contributed by atoms with Crippen LogP contribution in [0.1, 0.15) is 6.92 Å². The molecule has 4 nitrogen and oxygen atoms in total. The van der Waals surface area contributed by atoms with Gasteiger partial charge in [-0.1, -0.05) is 6.92 Å². The number of aliphatic hydroxyl groups excluding tert-OH is 1. The maximum atomic E-state index is 9.27. The van der Waals surface area contributed by atoms with Crippen LogP contribution in [0.5, 0.6) is 0 Å². The van der Waals surface area contributed by atoms with E-state index in [4.69, 9.17) is 9.47 Å². The van der Waals surface area contributed by atoms with Crippen LogP contribution in [0.3, 0.4) is 0 Å². The first-order valence-corrected chi connectivity index (χ1v) is 4.57. The SMILES string of the molecule is COCC(C)CNCC(O)COC. The van der Waals surface area contributed by atoms with Gasteiger partial charge in [0.25, 0.3) is 0 Å². The molecule has 0 heterocycles. The van der Waals surface area contributed by atoms with Gasteiger partial charge < -0.3 is 19.9 Å². The lowest BCUT2D eigenvalue weighted by Gasteiger charge is -2.14. The van der Waals surface area contributed by atoms with Crippen molar-refractivity contribution in [2.45, 2.75) is 13.0 Å². The molecule has 0 aromatic rings. The third kappa shape index (κ3) is 8.18. The maximum absolute atomic E-state index is 9.27. The van der Waals surface area contributed by atoms with E-state index >= 15 is 0 Å². The highest BCUT2D eigenvalue weighted by Crippen LogP contribution is 1.92. The fourth-order valence-corrected chi connectivity index (χ4v) is 1.09. The summed E-state index contributed by atoms with van der Waals surface area (Å²) in [5.41, 5.74) is 0. The van der Waals surface area contributed by atoms with Gasteiger partial charge in [0.15, 0.2) is 0 Å². The van der Waals surface area contributed by atoms with E-state index in [9.17, 15) is 5.11 Å². The topological polar surface area (TPSA) is 50.7 Å². The van der Waals surface area contributed by atoms with Gasteiger partial charge in [0.05, 0.1) is 12.7 Å². The molecule has 13 heavy (non-hydrogen) atoms. The number of ether oxygens (including phenoxy) is 2. The van der Waals surface area contributed by atoms with Crippen LogP contribution in [-0.2, 0) is 9.47 Å². The molecule has 0 fully saturated rings. The van der Waals surface area contributed by atoms with Gasteiger partial charge in [-0.05, 0) is 12.5 Å². The molecular formula is C9H21NO3. The maximum Gasteiger partial charge on any atom is 0.0897 e. The third-order valence-corrected chi connectivity index (χ3v) is 1.68. The Kier molecular flexibility index (Phi) is 8.33. The van der Waals surface area contributed by atoms with Crippen LogP contribution in [0.15, 0.2) is 0 Å². The Balaban J connectivity index is 3.23. The van der Waals surface area contributed by atoms with Crippen molar-refractivity contribution in [1.29, 1.82) is 0 Å². The van der Waals surface area contributed by atoms with Crippen LogP contribution in [0.2, 0.25) is 0 Å². The molecule has 0 rings (SSSR count). The normalized spacial score (nSPS) is 15.7. The predicted molar refractivity (Wildman–Crippen MR) is 51.8 cm³/mol. The Labute approximate surface area is 80.2 Å². The summed E-state index contributed by atoms with van der Waals surface area (Å²) < 4.78 is 9.78. The average Bonchev–Trinajstić information content (AvgIpc) is 2.05. The van der Waals surface area contributed by atoms with Crippen molar-refractivity contribution >= 4 is 0 Å². The molecule has 0 bridgehead atoms. The Morgan fingerprint density at radius 2 is 1.77 bits per heavy atom. The van der Waals surface area contributed by atoms with Crippen LogP contribution >= 0.6 is 0 Å². The molecule has 0 aromatic heterocycles. The Morgan fingerprint density at radius 1 is 1.15 bits per heavy atom. The zero-order valence-corrected chi connectivity index (χ0v) is 8.75. The molecule has 0 spiro atoms. The van der Waals surface area contributed by atoms with E-state index in [1.165, 1.54) is 0 Å². The number of hydrogen-bond donors (Lipinski definition) is 2. The van der Waals surface area contributed by atoms with E-state index in [2.05, 4.69) is 12.2 Å². The number of nitrogens with one attached hydrogen (secondary N) is 1. The molecule has 0 aliphatic heterocycles. The van der Waals surface area contributed by atoms with Crippen LogP contribution in [-0.4, -0.2) is 51.7 Å². The van der Waals surface area contributed by atoms with Gasteiger partial charge in [-0.25, -0.2) is 0 Å². The first kappa shape index (κ1) is 12.8. The molecular weight excluding hydrogens is 170 g/mol. The van der Waals surface area contributed by atoms with Crippen molar-refractivity contribution < 1.29 is 14.6 Å². The standard InChI is InChI=1S/C9H21NO3/c1-8(6-12-2)4-10-5-9(11)7-13-3/h8-11H,4-7H2,1-3H3. The molecule has 80 valence electrons. The van der Waals surface area contributed by atoms with E-state index in [1.807, 2.05) is 0 Å². The van der Waals surface area contributed by atoms with Gasteiger partial charge in [-0.15, -0.1) is 0 Å². The molecule has 0 amide bonds. The van der Waals surface area contributed by atoms with Gasteiger partial charge in [0, 0.05) is 27.4 Å². The summed E-state index contributed by atoms with van der Waals surface area (Å²) in [6.45, 7) is 4.65. The summed E-state index contributed by atoms with van der Waals surface area (Å²) in [4.78, 5) is 0. The lowest BCUT2D eigenvalue weighted by atomic mass is 10.2. The molecule has 0 radical (unpaired) electrons. The molecule has 4 heteroatoms. The summed E-state index contributed by atoms with van der Waals surface area (Å²) in [6, 6.07) is 0. The number of rotatable bonds is 8. The molecule has 0 aliphatic rings. The van der Waals surface area contributed by atoms with E-state index < -0.39 is 6.10 Å². The molecule has 0 aromatic carbocycles. The van der Waals surface area contributed by atoms with Crippen molar-refractivity contribution in [2.75, 3.05) is 40.5 Å². The summed E-state index contributed by atoms with van der Waals surface area (Å²) in [5.74, 6) is 0.472. The molecule has 2 N–H and O–H groups in total. The monoisotopic (exact) mass is 191 g/mol. The quantitative estimate of drug-likeness (QED) is 0.561. The van der Waals surface area contributed by atoms with Crippen molar-refractivity contribution in [3.05, 3.63) is 0 Å².